The zero-order valence-corrected chi connectivity index (χ0v) is 25.1. The molecular formula is C30H43FN2O5S. The van der Waals surface area contributed by atoms with Gasteiger partial charge >= 0.3 is 6.09 Å². The molecule has 1 aliphatic heterocycles. The molecule has 0 N–H and O–H groups in total. The van der Waals surface area contributed by atoms with E-state index >= 15 is 0 Å². The Hall–Kier alpha value is -2.65. The van der Waals surface area contributed by atoms with Crippen molar-refractivity contribution in [3.8, 4) is 0 Å². The maximum atomic E-state index is 14.8. The highest BCUT2D eigenvalue weighted by atomic mass is 32.2. The Labute approximate surface area is 233 Å². The van der Waals surface area contributed by atoms with Gasteiger partial charge in [-0.15, -0.1) is 0 Å². The smallest absolute Gasteiger partial charge is 0.410 e. The Kier molecular flexibility index (Phi) is 10.0. The maximum absolute atomic E-state index is 14.8. The minimum atomic E-state index is -3.77. The molecule has 9 heteroatoms. The Morgan fingerprint density at radius 2 is 1.79 bits per heavy atom. The van der Waals surface area contributed by atoms with Crippen molar-refractivity contribution < 1.29 is 27.1 Å². The molecule has 0 aromatic heterocycles. The molecule has 0 spiro atoms. The molecule has 2 atom stereocenters. The van der Waals surface area contributed by atoms with Crippen molar-refractivity contribution in [1.82, 2.24) is 4.90 Å². The van der Waals surface area contributed by atoms with E-state index in [-0.39, 0.29) is 36.5 Å². The minimum absolute atomic E-state index is 0.0111. The predicted molar refractivity (Wildman–Crippen MR) is 152 cm³/mol. The van der Waals surface area contributed by atoms with E-state index in [0.717, 1.165) is 16.7 Å². The second-order valence-corrected chi connectivity index (χ2v) is 13.7. The first-order valence-corrected chi connectivity index (χ1v) is 15.0. The summed E-state index contributed by atoms with van der Waals surface area (Å²) in [5.74, 6) is -0.172. The van der Waals surface area contributed by atoms with Crippen molar-refractivity contribution in [2.24, 2.45) is 11.8 Å². The number of piperidine rings is 1. The first kappa shape index (κ1) is 30.9. The number of alkyl halides is 1. The number of likely N-dealkylation sites (tertiary alicyclic amines) is 1. The first-order valence-electron chi connectivity index (χ1n) is 13.6. The molecule has 1 heterocycles. The van der Waals surface area contributed by atoms with Crippen LogP contribution < -0.4 is 4.31 Å². The number of amides is 1. The number of carbonyl (C=O) groups excluding carboxylic acids is 1. The number of nitrogens with zero attached hydrogens (tertiary/aromatic N) is 2. The van der Waals surface area contributed by atoms with Crippen molar-refractivity contribution in [1.29, 1.82) is 0 Å². The molecule has 7 nitrogen and oxygen atoms in total. The third-order valence-electron chi connectivity index (χ3n) is 6.59. The van der Waals surface area contributed by atoms with Crippen LogP contribution in [0.1, 0.15) is 57.7 Å². The van der Waals surface area contributed by atoms with Gasteiger partial charge in [0.2, 0.25) is 0 Å². The van der Waals surface area contributed by atoms with E-state index in [0.29, 0.717) is 25.2 Å². The van der Waals surface area contributed by atoms with Gasteiger partial charge in [-0.1, -0.05) is 43.7 Å². The second-order valence-electron chi connectivity index (χ2n) is 11.9. The second kappa shape index (κ2) is 12.7. The van der Waals surface area contributed by atoms with Gasteiger partial charge in [-0.25, -0.2) is 17.6 Å². The molecule has 1 fully saturated rings. The van der Waals surface area contributed by atoms with Gasteiger partial charge < -0.3 is 14.4 Å². The van der Waals surface area contributed by atoms with E-state index < -0.39 is 27.9 Å². The van der Waals surface area contributed by atoms with Crippen molar-refractivity contribution in [3.63, 3.8) is 0 Å². The summed E-state index contributed by atoms with van der Waals surface area (Å²) >= 11 is 0. The standard InChI is InChI=1S/C30H43FN2O5S/c1-21(2)17-33(28-13-8-22(3)16-23(28)4)39(35,36)26-11-9-24(10-12-26)19-37-20-25-14-15-32(18-27(25)31)29(34)38-30(5,6)7/h8-13,16,21,25,27H,14-15,17-20H2,1-7H3. The summed E-state index contributed by atoms with van der Waals surface area (Å²) in [6.07, 6.45) is -1.21. The quantitative estimate of drug-likeness (QED) is 0.360. The fourth-order valence-electron chi connectivity index (χ4n) is 4.59. The van der Waals surface area contributed by atoms with Gasteiger partial charge in [0.05, 0.1) is 30.3 Å². The zero-order chi connectivity index (χ0) is 29.0. The molecule has 2 aromatic carbocycles. The average Bonchev–Trinajstić information content (AvgIpc) is 2.83. The lowest BCUT2D eigenvalue weighted by Gasteiger charge is -2.35. The number of rotatable bonds is 9. The van der Waals surface area contributed by atoms with Crippen molar-refractivity contribution in [2.75, 3.05) is 30.5 Å². The normalized spacial score (nSPS) is 18.3. The SMILES string of the molecule is Cc1ccc(N(CC(C)C)S(=O)(=O)c2ccc(COCC3CCN(C(=O)OC(C)(C)C)CC3F)cc2)c(C)c1. The molecule has 0 bridgehead atoms. The fraction of sp³-hybridized carbons (Fsp3) is 0.567. The highest BCUT2D eigenvalue weighted by Gasteiger charge is 2.34. The highest BCUT2D eigenvalue weighted by molar-refractivity contribution is 7.92. The largest absolute Gasteiger partial charge is 0.444 e. The third kappa shape index (κ3) is 8.42. The lowest BCUT2D eigenvalue weighted by Crippen LogP contribution is -2.47. The van der Waals surface area contributed by atoms with Gasteiger partial charge in [-0.3, -0.25) is 4.31 Å². The third-order valence-corrected chi connectivity index (χ3v) is 8.39. The van der Waals surface area contributed by atoms with Crippen LogP contribution in [0.5, 0.6) is 0 Å². The zero-order valence-electron chi connectivity index (χ0n) is 24.2. The fourth-order valence-corrected chi connectivity index (χ4v) is 6.28. The van der Waals surface area contributed by atoms with Crippen LogP contribution in [-0.2, 0) is 26.1 Å². The van der Waals surface area contributed by atoms with Crippen molar-refractivity contribution in [3.05, 3.63) is 59.2 Å². The van der Waals surface area contributed by atoms with Crippen LogP contribution in [0.25, 0.3) is 0 Å². The number of hydrogen-bond acceptors (Lipinski definition) is 5. The summed E-state index contributed by atoms with van der Waals surface area (Å²) in [6, 6.07) is 12.4. The summed E-state index contributed by atoms with van der Waals surface area (Å²) in [5, 5.41) is 0. The molecule has 39 heavy (non-hydrogen) atoms. The number of aryl methyl sites for hydroxylation is 2. The van der Waals surface area contributed by atoms with Crippen molar-refractivity contribution >= 4 is 21.8 Å². The lowest BCUT2D eigenvalue weighted by molar-refractivity contribution is -0.0126. The molecule has 0 aliphatic carbocycles. The van der Waals surface area contributed by atoms with E-state index in [1.807, 2.05) is 45.9 Å². The number of hydrogen-bond donors (Lipinski definition) is 0. The Bertz CT molecular complexity index is 1220. The van der Waals surface area contributed by atoms with Crippen LogP contribution in [0.3, 0.4) is 0 Å². The van der Waals surface area contributed by atoms with Crippen LogP contribution in [0.15, 0.2) is 47.4 Å². The summed E-state index contributed by atoms with van der Waals surface area (Å²) in [7, 11) is -3.77. The van der Waals surface area contributed by atoms with Crippen LogP contribution in [0.4, 0.5) is 14.9 Å². The lowest BCUT2D eigenvalue weighted by atomic mass is 9.96. The van der Waals surface area contributed by atoms with E-state index in [2.05, 4.69) is 0 Å². The number of halogens is 1. The topological polar surface area (TPSA) is 76.2 Å². The van der Waals surface area contributed by atoms with Crippen LogP contribution in [-0.4, -0.2) is 57.4 Å². The summed E-state index contributed by atoms with van der Waals surface area (Å²) in [6.45, 7) is 14.5. The first-order chi connectivity index (χ1) is 18.2. The van der Waals surface area contributed by atoms with E-state index in [1.165, 1.54) is 9.21 Å². The summed E-state index contributed by atoms with van der Waals surface area (Å²) in [4.78, 5) is 13.9. The van der Waals surface area contributed by atoms with Crippen molar-refractivity contribution in [2.45, 2.75) is 78.2 Å². The van der Waals surface area contributed by atoms with Gasteiger partial charge in [0.1, 0.15) is 11.8 Å². The highest BCUT2D eigenvalue weighted by Crippen LogP contribution is 2.29. The van der Waals surface area contributed by atoms with Gasteiger partial charge in [-0.05, 0) is 76.3 Å². The van der Waals surface area contributed by atoms with E-state index in [1.54, 1.807) is 45.0 Å². The predicted octanol–water partition coefficient (Wildman–Crippen LogP) is 6.27. The molecule has 0 radical (unpaired) electrons. The maximum Gasteiger partial charge on any atom is 0.410 e. The van der Waals surface area contributed by atoms with Gasteiger partial charge in [0.25, 0.3) is 10.0 Å². The minimum Gasteiger partial charge on any atom is -0.444 e. The number of carbonyl (C=O) groups is 1. The molecule has 0 saturated carbocycles. The van der Waals surface area contributed by atoms with Gasteiger partial charge in [0.15, 0.2) is 0 Å². The molecule has 1 aliphatic rings. The molecule has 1 amide bonds. The molecule has 2 aromatic rings. The van der Waals surface area contributed by atoms with Crippen LogP contribution in [0.2, 0.25) is 0 Å². The molecule has 3 rings (SSSR count). The van der Waals surface area contributed by atoms with Gasteiger partial charge in [-0.2, -0.15) is 0 Å². The molecule has 2 unspecified atom stereocenters. The van der Waals surface area contributed by atoms with Gasteiger partial charge in [0, 0.05) is 19.0 Å². The monoisotopic (exact) mass is 562 g/mol. The summed E-state index contributed by atoms with van der Waals surface area (Å²) in [5.41, 5.74) is 2.85. The van der Waals surface area contributed by atoms with E-state index in [9.17, 15) is 17.6 Å². The Morgan fingerprint density at radius 3 is 2.36 bits per heavy atom. The molecular weight excluding hydrogens is 519 g/mol. The average molecular weight is 563 g/mol. The van der Waals surface area contributed by atoms with Crippen LogP contribution in [0, 0.1) is 25.7 Å². The number of benzene rings is 2. The van der Waals surface area contributed by atoms with E-state index in [4.69, 9.17) is 9.47 Å². The Morgan fingerprint density at radius 1 is 1.13 bits per heavy atom. The number of anilines is 1. The molecule has 1 saturated heterocycles. The molecule has 216 valence electrons. The number of ether oxygens (including phenoxy) is 2. The van der Waals surface area contributed by atoms with Crippen LogP contribution >= 0.6 is 0 Å². The Balaban J connectivity index is 1.60. The summed E-state index contributed by atoms with van der Waals surface area (Å²) < 4.78 is 54.7. The number of sulfonamides is 1.